The molecule has 1 aromatic rings. The summed E-state index contributed by atoms with van der Waals surface area (Å²) in [4.78, 5) is 4.00. The van der Waals surface area contributed by atoms with E-state index >= 15 is 0 Å². The average molecular weight is 318 g/mol. The van der Waals surface area contributed by atoms with Crippen molar-refractivity contribution in [1.29, 1.82) is 0 Å². The minimum Gasteiger partial charge on any atom is -0.369 e. The van der Waals surface area contributed by atoms with Gasteiger partial charge in [0.15, 0.2) is 0 Å². The van der Waals surface area contributed by atoms with Crippen LogP contribution in [-0.2, 0) is 11.2 Å². The Morgan fingerprint density at radius 3 is 3.06 bits per heavy atom. The number of nitrogens with zero attached hydrogens (tertiary/aromatic N) is 1. The fraction of sp³-hybridized carbons (Fsp3) is 0.692. The summed E-state index contributed by atoms with van der Waals surface area (Å²) in [5.74, 6) is 0. The maximum absolute atomic E-state index is 6.00. The number of morpholine rings is 1. The van der Waals surface area contributed by atoms with E-state index in [1.165, 1.54) is 4.88 Å². The molecule has 1 atom stereocenters. The van der Waals surface area contributed by atoms with Gasteiger partial charge in [-0.3, -0.25) is 4.90 Å². The van der Waals surface area contributed by atoms with Gasteiger partial charge in [-0.2, -0.15) is 0 Å². The van der Waals surface area contributed by atoms with Crippen LogP contribution < -0.4 is 0 Å². The summed E-state index contributed by atoms with van der Waals surface area (Å²) < 4.78 is 6.00. The maximum Gasteiger partial charge on any atom is 0.0806 e. The van der Waals surface area contributed by atoms with Gasteiger partial charge in [-0.1, -0.05) is 22.0 Å². The molecule has 1 fully saturated rings. The SMILES string of the molecule is CC1(C)CN(CCc2cccs2)CC(CBr)O1. The van der Waals surface area contributed by atoms with Crippen molar-refractivity contribution in [1.82, 2.24) is 4.90 Å². The highest BCUT2D eigenvalue weighted by atomic mass is 79.9. The zero-order valence-corrected chi connectivity index (χ0v) is 12.9. The quantitative estimate of drug-likeness (QED) is 0.791. The number of hydrogen-bond donors (Lipinski definition) is 0. The van der Waals surface area contributed by atoms with E-state index in [0.717, 1.165) is 31.4 Å². The highest BCUT2D eigenvalue weighted by molar-refractivity contribution is 9.09. The first-order chi connectivity index (χ1) is 8.09. The second-order valence-corrected chi connectivity index (χ2v) is 6.90. The monoisotopic (exact) mass is 317 g/mol. The highest BCUT2D eigenvalue weighted by Crippen LogP contribution is 2.22. The molecule has 1 aromatic heterocycles. The van der Waals surface area contributed by atoms with Gasteiger partial charge in [0.1, 0.15) is 0 Å². The van der Waals surface area contributed by atoms with Gasteiger partial charge in [-0.25, -0.2) is 0 Å². The van der Waals surface area contributed by atoms with Crippen molar-refractivity contribution in [3.05, 3.63) is 22.4 Å². The smallest absolute Gasteiger partial charge is 0.0806 e. The lowest BCUT2D eigenvalue weighted by molar-refractivity contribution is -0.126. The first-order valence-electron chi connectivity index (χ1n) is 6.07. The van der Waals surface area contributed by atoms with Crippen molar-refractivity contribution in [2.45, 2.75) is 32.0 Å². The lowest BCUT2D eigenvalue weighted by atomic mass is 10.1. The Morgan fingerprint density at radius 2 is 2.41 bits per heavy atom. The number of rotatable bonds is 4. The Hall–Kier alpha value is 0.1000. The molecule has 4 heteroatoms. The van der Waals surface area contributed by atoms with Crippen LogP contribution in [0.2, 0.25) is 0 Å². The average Bonchev–Trinajstić information content (AvgIpc) is 2.77. The fourth-order valence-electron chi connectivity index (χ4n) is 2.39. The molecule has 2 rings (SSSR count). The molecule has 1 aliphatic heterocycles. The van der Waals surface area contributed by atoms with Crippen molar-refractivity contribution in [3.63, 3.8) is 0 Å². The van der Waals surface area contributed by atoms with E-state index in [-0.39, 0.29) is 5.60 Å². The molecule has 0 aliphatic carbocycles. The van der Waals surface area contributed by atoms with Crippen LogP contribution >= 0.6 is 27.3 Å². The maximum atomic E-state index is 6.00. The molecule has 0 spiro atoms. The van der Waals surface area contributed by atoms with E-state index in [2.05, 4.69) is 52.2 Å². The largest absolute Gasteiger partial charge is 0.369 e. The Balaban J connectivity index is 1.87. The minimum atomic E-state index is -0.0217. The van der Waals surface area contributed by atoms with Gasteiger partial charge in [-0.15, -0.1) is 11.3 Å². The van der Waals surface area contributed by atoms with Gasteiger partial charge in [0.2, 0.25) is 0 Å². The van der Waals surface area contributed by atoms with Gasteiger partial charge in [0.05, 0.1) is 11.7 Å². The second-order valence-electron chi connectivity index (χ2n) is 5.22. The first-order valence-corrected chi connectivity index (χ1v) is 8.08. The highest BCUT2D eigenvalue weighted by Gasteiger charge is 2.32. The van der Waals surface area contributed by atoms with Crippen LogP contribution in [0.1, 0.15) is 18.7 Å². The zero-order valence-electron chi connectivity index (χ0n) is 10.5. The predicted octanol–water partition coefficient (Wildman–Crippen LogP) is 3.16. The summed E-state index contributed by atoms with van der Waals surface area (Å²) >= 11 is 5.38. The van der Waals surface area contributed by atoms with Crippen LogP contribution in [0.15, 0.2) is 17.5 Å². The normalized spacial score (nSPS) is 25.0. The van der Waals surface area contributed by atoms with E-state index in [9.17, 15) is 0 Å². The van der Waals surface area contributed by atoms with Gasteiger partial charge in [-0.05, 0) is 31.7 Å². The number of alkyl halides is 1. The molecule has 0 amide bonds. The molecule has 1 aliphatic rings. The lowest BCUT2D eigenvalue weighted by Gasteiger charge is -2.42. The van der Waals surface area contributed by atoms with E-state index in [1.54, 1.807) is 0 Å². The molecular formula is C13H20BrNOS. The molecule has 0 aromatic carbocycles. The standard InChI is InChI=1S/C13H20BrNOS/c1-13(2)10-15(9-11(8-14)16-13)6-5-12-4-3-7-17-12/h3-4,7,11H,5-6,8-10H2,1-2H3. The third-order valence-electron chi connectivity index (χ3n) is 2.98. The number of ether oxygens (including phenoxy) is 1. The van der Waals surface area contributed by atoms with E-state index in [0.29, 0.717) is 6.10 Å². The van der Waals surface area contributed by atoms with E-state index in [1.807, 2.05) is 11.3 Å². The lowest BCUT2D eigenvalue weighted by Crippen LogP contribution is -2.53. The van der Waals surface area contributed by atoms with E-state index in [4.69, 9.17) is 4.74 Å². The Morgan fingerprint density at radius 1 is 1.59 bits per heavy atom. The number of hydrogen-bond acceptors (Lipinski definition) is 3. The first kappa shape index (κ1) is 13.5. The third kappa shape index (κ3) is 4.05. The van der Waals surface area contributed by atoms with Crippen LogP contribution in [0, 0.1) is 0 Å². The van der Waals surface area contributed by atoms with Gasteiger partial charge < -0.3 is 4.74 Å². The van der Waals surface area contributed by atoms with Crippen LogP contribution in [0.4, 0.5) is 0 Å². The van der Waals surface area contributed by atoms with Crippen molar-refractivity contribution in [2.24, 2.45) is 0 Å². The molecule has 0 bridgehead atoms. The second kappa shape index (κ2) is 5.83. The Kier molecular flexibility index (Phi) is 4.64. The molecule has 0 radical (unpaired) electrons. The van der Waals surface area contributed by atoms with Crippen LogP contribution in [-0.4, -0.2) is 41.6 Å². The van der Waals surface area contributed by atoms with Crippen molar-refractivity contribution < 1.29 is 4.74 Å². The molecule has 96 valence electrons. The summed E-state index contributed by atoms with van der Waals surface area (Å²) in [5.41, 5.74) is -0.0217. The molecular weight excluding hydrogens is 298 g/mol. The van der Waals surface area contributed by atoms with Gasteiger partial charge in [0, 0.05) is 29.8 Å². The van der Waals surface area contributed by atoms with Crippen LogP contribution in [0.3, 0.4) is 0 Å². The summed E-state index contributed by atoms with van der Waals surface area (Å²) in [6, 6.07) is 4.35. The summed E-state index contributed by atoms with van der Waals surface area (Å²) in [7, 11) is 0. The van der Waals surface area contributed by atoms with E-state index < -0.39 is 0 Å². The Labute approximate surface area is 116 Å². The molecule has 2 nitrogen and oxygen atoms in total. The molecule has 1 saturated heterocycles. The summed E-state index contributed by atoms with van der Waals surface area (Å²) in [5, 5.41) is 3.08. The molecule has 0 N–H and O–H groups in total. The molecule has 0 saturated carbocycles. The number of halogens is 1. The van der Waals surface area contributed by atoms with Crippen LogP contribution in [0.5, 0.6) is 0 Å². The van der Waals surface area contributed by atoms with Crippen LogP contribution in [0.25, 0.3) is 0 Å². The van der Waals surface area contributed by atoms with Crippen molar-refractivity contribution in [2.75, 3.05) is 25.0 Å². The van der Waals surface area contributed by atoms with Crippen molar-refractivity contribution >= 4 is 27.3 Å². The molecule has 2 heterocycles. The van der Waals surface area contributed by atoms with Gasteiger partial charge in [0.25, 0.3) is 0 Å². The third-order valence-corrected chi connectivity index (χ3v) is 4.64. The zero-order chi connectivity index (χ0) is 12.3. The summed E-state index contributed by atoms with van der Waals surface area (Å²) in [6.07, 6.45) is 1.48. The molecule has 17 heavy (non-hydrogen) atoms. The molecule has 1 unspecified atom stereocenters. The Bertz CT molecular complexity index is 339. The fourth-order valence-corrected chi connectivity index (χ4v) is 3.43. The summed E-state index contributed by atoms with van der Waals surface area (Å²) in [6.45, 7) is 7.57. The predicted molar refractivity (Wildman–Crippen MR) is 77.2 cm³/mol. The van der Waals surface area contributed by atoms with Gasteiger partial charge >= 0.3 is 0 Å². The van der Waals surface area contributed by atoms with Crippen molar-refractivity contribution in [3.8, 4) is 0 Å². The number of thiophene rings is 1. The minimum absolute atomic E-state index is 0.0217. The topological polar surface area (TPSA) is 12.5 Å².